The Hall–Kier alpha value is 0.660. The minimum Gasteiger partial charge on any atom is -0.316 e. The van der Waals surface area contributed by atoms with Gasteiger partial charge < -0.3 is 5.32 Å². The van der Waals surface area contributed by atoms with Crippen molar-refractivity contribution in [3.8, 4) is 0 Å². The van der Waals surface area contributed by atoms with Crippen molar-refractivity contribution >= 4 is 23.5 Å². The van der Waals surface area contributed by atoms with Crippen molar-refractivity contribution in [2.45, 2.75) is 62.5 Å². The lowest BCUT2D eigenvalue weighted by molar-refractivity contribution is 0.469. The predicted octanol–water partition coefficient (Wildman–Crippen LogP) is 3.78. The summed E-state index contributed by atoms with van der Waals surface area (Å²) >= 11 is 4.34. The van der Waals surface area contributed by atoms with Crippen LogP contribution >= 0.6 is 23.5 Å². The molecule has 0 saturated carbocycles. The Morgan fingerprint density at radius 1 is 1.19 bits per heavy atom. The lowest BCUT2D eigenvalue weighted by Gasteiger charge is -2.34. The Bertz CT molecular complexity index is 175. The van der Waals surface area contributed by atoms with Crippen molar-refractivity contribution in [2.75, 3.05) is 18.6 Å². The molecule has 1 fully saturated rings. The van der Waals surface area contributed by atoms with E-state index in [1.807, 2.05) is 0 Å². The van der Waals surface area contributed by atoms with Crippen molar-refractivity contribution in [3.63, 3.8) is 0 Å². The van der Waals surface area contributed by atoms with Crippen molar-refractivity contribution in [1.29, 1.82) is 0 Å². The first kappa shape index (κ1) is 14.7. The zero-order valence-corrected chi connectivity index (χ0v) is 12.6. The van der Waals surface area contributed by atoms with Crippen LogP contribution < -0.4 is 5.32 Å². The Kier molecular flexibility index (Phi) is 8.01. The van der Waals surface area contributed by atoms with Gasteiger partial charge in [0.1, 0.15) is 0 Å². The van der Waals surface area contributed by atoms with Gasteiger partial charge in [0, 0.05) is 28.0 Å². The van der Waals surface area contributed by atoms with Gasteiger partial charge in [-0.3, -0.25) is 0 Å². The van der Waals surface area contributed by atoms with E-state index in [1.165, 1.54) is 43.6 Å². The van der Waals surface area contributed by atoms with E-state index >= 15 is 0 Å². The highest BCUT2D eigenvalue weighted by Gasteiger charge is 2.28. The van der Waals surface area contributed by atoms with Crippen LogP contribution in [0.1, 0.15) is 46.0 Å². The topological polar surface area (TPSA) is 12.0 Å². The van der Waals surface area contributed by atoms with Gasteiger partial charge >= 0.3 is 0 Å². The summed E-state index contributed by atoms with van der Waals surface area (Å²) in [5, 5.41) is 5.19. The van der Waals surface area contributed by atoms with Gasteiger partial charge in [0.2, 0.25) is 0 Å². The first-order valence-corrected chi connectivity index (χ1v) is 8.79. The fourth-order valence-corrected chi connectivity index (χ4v) is 5.40. The highest BCUT2D eigenvalue weighted by atomic mass is 32.2. The van der Waals surface area contributed by atoms with E-state index < -0.39 is 0 Å². The molecule has 1 nitrogen and oxygen atoms in total. The van der Waals surface area contributed by atoms with Crippen molar-refractivity contribution < 1.29 is 0 Å². The van der Waals surface area contributed by atoms with Crippen LogP contribution in [-0.2, 0) is 0 Å². The average molecular weight is 262 g/mol. The summed E-state index contributed by atoms with van der Waals surface area (Å²) in [6.07, 6.45) is 6.91. The molecular formula is C13H27NS2. The number of unbranched alkanes of at least 4 members (excludes halogenated alkanes) is 3. The second-order valence-electron chi connectivity index (χ2n) is 4.66. The maximum absolute atomic E-state index is 3.54. The summed E-state index contributed by atoms with van der Waals surface area (Å²) < 4.78 is 0. The standard InChI is InChI=1S/C13H27NS2/c1-4-5-6-7-8-12(14-3)13-11(2)15-9-10-16-13/h11-14H,4-10H2,1-3H3. The summed E-state index contributed by atoms with van der Waals surface area (Å²) in [5.41, 5.74) is 0. The van der Waals surface area contributed by atoms with E-state index in [0.29, 0.717) is 0 Å². The minimum atomic E-state index is 0.727. The van der Waals surface area contributed by atoms with Crippen LogP contribution in [0.25, 0.3) is 0 Å². The van der Waals surface area contributed by atoms with E-state index in [0.717, 1.165) is 16.5 Å². The molecule has 0 radical (unpaired) electrons. The first-order chi connectivity index (χ1) is 7.79. The van der Waals surface area contributed by atoms with E-state index in [4.69, 9.17) is 0 Å². The molecule has 1 heterocycles. The van der Waals surface area contributed by atoms with Crippen LogP contribution in [0.15, 0.2) is 0 Å². The molecule has 1 N–H and O–H groups in total. The Labute approximate surface area is 110 Å². The molecule has 0 aromatic heterocycles. The van der Waals surface area contributed by atoms with Gasteiger partial charge in [-0.05, 0) is 13.5 Å². The molecule has 0 aromatic carbocycles. The lowest BCUT2D eigenvalue weighted by atomic mass is 10.0. The zero-order valence-electron chi connectivity index (χ0n) is 11.0. The van der Waals surface area contributed by atoms with Crippen LogP contribution in [-0.4, -0.2) is 35.1 Å². The molecule has 0 aromatic rings. The number of hydrogen-bond acceptors (Lipinski definition) is 3. The third-order valence-electron chi connectivity index (χ3n) is 3.37. The summed E-state index contributed by atoms with van der Waals surface area (Å²) in [6.45, 7) is 4.68. The molecule has 0 amide bonds. The Morgan fingerprint density at radius 3 is 2.56 bits per heavy atom. The SMILES string of the molecule is CCCCCCC(NC)C1SCCSC1C. The van der Waals surface area contributed by atoms with Crippen LogP contribution in [0.3, 0.4) is 0 Å². The van der Waals surface area contributed by atoms with Gasteiger partial charge in [-0.1, -0.05) is 39.5 Å². The Balaban J connectivity index is 2.28. The quantitative estimate of drug-likeness (QED) is 0.701. The molecule has 1 aliphatic heterocycles. The number of thioether (sulfide) groups is 2. The summed E-state index contributed by atoms with van der Waals surface area (Å²) in [6, 6.07) is 0.727. The van der Waals surface area contributed by atoms with Crippen LogP contribution in [0.5, 0.6) is 0 Å². The normalized spacial score (nSPS) is 27.9. The molecule has 3 unspecified atom stereocenters. The summed E-state index contributed by atoms with van der Waals surface area (Å²) in [5.74, 6) is 2.68. The molecule has 16 heavy (non-hydrogen) atoms. The second kappa shape index (κ2) is 8.71. The van der Waals surface area contributed by atoms with Gasteiger partial charge in [-0.25, -0.2) is 0 Å². The van der Waals surface area contributed by atoms with Crippen molar-refractivity contribution in [2.24, 2.45) is 0 Å². The minimum absolute atomic E-state index is 0.727. The van der Waals surface area contributed by atoms with E-state index in [2.05, 4.69) is 49.7 Å². The fourth-order valence-electron chi connectivity index (χ4n) is 2.36. The van der Waals surface area contributed by atoms with Gasteiger partial charge in [0.25, 0.3) is 0 Å². The van der Waals surface area contributed by atoms with E-state index in [1.54, 1.807) is 0 Å². The monoisotopic (exact) mass is 261 g/mol. The predicted molar refractivity (Wildman–Crippen MR) is 79.8 cm³/mol. The molecule has 1 aliphatic rings. The molecule has 3 heteroatoms. The van der Waals surface area contributed by atoms with E-state index in [-0.39, 0.29) is 0 Å². The van der Waals surface area contributed by atoms with E-state index in [9.17, 15) is 0 Å². The number of nitrogens with one attached hydrogen (secondary N) is 1. The fraction of sp³-hybridized carbons (Fsp3) is 1.00. The molecule has 0 aliphatic carbocycles. The highest BCUT2D eigenvalue weighted by molar-refractivity contribution is 8.07. The maximum Gasteiger partial charge on any atom is 0.0317 e. The number of hydrogen-bond donors (Lipinski definition) is 1. The van der Waals surface area contributed by atoms with Crippen LogP contribution in [0.2, 0.25) is 0 Å². The summed E-state index contributed by atoms with van der Waals surface area (Å²) in [4.78, 5) is 0. The lowest BCUT2D eigenvalue weighted by Crippen LogP contribution is -2.42. The van der Waals surface area contributed by atoms with Gasteiger partial charge in [-0.2, -0.15) is 23.5 Å². The third kappa shape index (κ3) is 4.89. The average Bonchev–Trinajstić information content (AvgIpc) is 2.31. The molecule has 96 valence electrons. The van der Waals surface area contributed by atoms with Gasteiger partial charge in [-0.15, -0.1) is 0 Å². The second-order valence-corrected chi connectivity index (χ2v) is 7.43. The van der Waals surface area contributed by atoms with Crippen molar-refractivity contribution in [3.05, 3.63) is 0 Å². The zero-order chi connectivity index (χ0) is 11.8. The largest absolute Gasteiger partial charge is 0.316 e. The smallest absolute Gasteiger partial charge is 0.0317 e. The van der Waals surface area contributed by atoms with Crippen LogP contribution in [0, 0.1) is 0 Å². The molecule has 0 bridgehead atoms. The number of rotatable bonds is 7. The molecule has 3 atom stereocenters. The summed E-state index contributed by atoms with van der Waals surface area (Å²) in [7, 11) is 2.14. The van der Waals surface area contributed by atoms with Crippen molar-refractivity contribution in [1.82, 2.24) is 5.32 Å². The molecule has 1 rings (SSSR count). The molecule has 0 spiro atoms. The first-order valence-electron chi connectivity index (χ1n) is 6.70. The third-order valence-corrected chi connectivity index (χ3v) is 6.62. The molecular weight excluding hydrogens is 234 g/mol. The highest BCUT2D eigenvalue weighted by Crippen LogP contribution is 2.34. The van der Waals surface area contributed by atoms with Gasteiger partial charge in [0.05, 0.1) is 0 Å². The van der Waals surface area contributed by atoms with Gasteiger partial charge in [0.15, 0.2) is 0 Å². The van der Waals surface area contributed by atoms with Crippen LogP contribution in [0.4, 0.5) is 0 Å². The maximum atomic E-state index is 3.54. The molecule has 1 saturated heterocycles. The Morgan fingerprint density at radius 2 is 1.94 bits per heavy atom.